The molecule has 29 heavy (non-hydrogen) atoms. The first-order valence-electron chi connectivity index (χ1n) is 8.71. The Hall–Kier alpha value is -3.28. The van der Waals surface area contributed by atoms with Crippen molar-refractivity contribution in [2.75, 3.05) is 6.54 Å². The van der Waals surface area contributed by atoms with Crippen LogP contribution in [0, 0.1) is 0 Å². The molecule has 0 aliphatic heterocycles. The van der Waals surface area contributed by atoms with Gasteiger partial charge in [-0.2, -0.15) is 10.2 Å². The molecule has 5 N–H and O–H groups in total. The van der Waals surface area contributed by atoms with Crippen LogP contribution in [0.2, 0.25) is 0 Å². The monoisotopic (exact) mass is 414 g/mol. The molecule has 0 aliphatic carbocycles. The Bertz CT molecular complexity index is 1320. The van der Waals surface area contributed by atoms with Gasteiger partial charge in [-0.25, -0.2) is 13.1 Å². The zero-order valence-electron chi connectivity index (χ0n) is 15.3. The van der Waals surface area contributed by atoms with Crippen molar-refractivity contribution < 1.29 is 18.3 Å². The standard InChI is InChI=1S/C18H18N6O4S/c1-10(25)8-21-29(27,28)12-4-2-11(3-5-12)24-17-13(16(23-24)18(19)26)6-7-15-14(17)9-20-22-15/h2-7,9-10,21,23,25H,8H2,1H3,(H2,19,26). The maximum Gasteiger partial charge on any atom is 0.267 e. The predicted molar refractivity (Wildman–Crippen MR) is 106 cm³/mol. The third-order valence-corrected chi connectivity index (χ3v) is 5.92. The van der Waals surface area contributed by atoms with Gasteiger partial charge in [0.15, 0.2) is 0 Å². The Morgan fingerprint density at radius 1 is 1.24 bits per heavy atom. The quantitative estimate of drug-likeness (QED) is 0.363. The predicted octanol–water partition coefficient (Wildman–Crippen LogP) is 0.660. The Morgan fingerprint density at radius 2 is 1.97 bits per heavy atom. The first-order chi connectivity index (χ1) is 13.8. The van der Waals surface area contributed by atoms with Crippen LogP contribution in [0.25, 0.3) is 27.5 Å². The molecule has 1 unspecified atom stereocenters. The smallest absolute Gasteiger partial charge is 0.267 e. The second-order valence-electron chi connectivity index (χ2n) is 6.62. The Labute approximate surface area is 165 Å². The van der Waals surface area contributed by atoms with Crippen molar-refractivity contribution in [3.05, 3.63) is 48.3 Å². The molecule has 0 radical (unpaired) electrons. The Kier molecular flexibility index (Phi) is 4.57. The summed E-state index contributed by atoms with van der Waals surface area (Å²) in [6, 6.07) is 9.55. The van der Waals surface area contributed by atoms with Crippen molar-refractivity contribution in [3.8, 4) is 5.69 Å². The number of rotatable bonds is 6. The van der Waals surface area contributed by atoms with Crippen LogP contribution >= 0.6 is 0 Å². The summed E-state index contributed by atoms with van der Waals surface area (Å²) in [4.78, 5) is 11.9. The van der Waals surface area contributed by atoms with E-state index < -0.39 is 22.0 Å². The van der Waals surface area contributed by atoms with Crippen molar-refractivity contribution in [2.24, 2.45) is 5.73 Å². The summed E-state index contributed by atoms with van der Waals surface area (Å²) < 4.78 is 28.6. The topological polar surface area (TPSA) is 156 Å². The van der Waals surface area contributed by atoms with E-state index in [4.69, 9.17) is 5.73 Å². The molecule has 0 aliphatic rings. The van der Waals surface area contributed by atoms with Crippen molar-refractivity contribution >= 4 is 37.7 Å². The van der Waals surface area contributed by atoms with E-state index >= 15 is 0 Å². The number of fused-ring (bicyclic) bond motifs is 3. The highest BCUT2D eigenvalue weighted by Crippen LogP contribution is 2.29. The van der Waals surface area contributed by atoms with Crippen molar-refractivity contribution in [2.45, 2.75) is 17.9 Å². The molecule has 4 aromatic rings. The van der Waals surface area contributed by atoms with E-state index in [1.165, 1.54) is 19.1 Å². The first-order valence-corrected chi connectivity index (χ1v) is 10.2. The average Bonchev–Trinajstić information content (AvgIpc) is 3.30. The summed E-state index contributed by atoms with van der Waals surface area (Å²) in [6.45, 7) is 1.40. The molecule has 4 rings (SSSR count). The largest absolute Gasteiger partial charge is 0.392 e. The highest BCUT2D eigenvalue weighted by Gasteiger charge is 2.19. The number of primary amides is 1. The van der Waals surface area contributed by atoms with Gasteiger partial charge in [0.05, 0.1) is 33.9 Å². The van der Waals surface area contributed by atoms with Gasteiger partial charge in [-0.05, 0) is 43.3 Å². The molecule has 0 saturated heterocycles. The summed E-state index contributed by atoms with van der Waals surface area (Å²) in [5.74, 6) is -0.623. The first kappa shape index (κ1) is 19.1. The number of carbonyl (C=O) groups excluding carboxylic acids is 1. The van der Waals surface area contributed by atoms with Crippen LogP contribution < -0.4 is 10.5 Å². The molecule has 150 valence electrons. The number of aromatic amines is 1. The second-order valence-corrected chi connectivity index (χ2v) is 8.39. The maximum atomic E-state index is 12.3. The fraction of sp³-hybridized carbons (Fsp3) is 0.167. The number of carbonyl (C=O) groups is 1. The van der Waals surface area contributed by atoms with Crippen LogP contribution in [-0.2, 0) is 10.0 Å². The lowest BCUT2D eigenvalue weighted by Crippen LogP contribution is -2.30. The number of aliphatic hydroxyl groups is 1. The van der Waals surface area contributed by atoms with Gasteiger partial charge in [0.1, 0.15) is 5.69 Å². The van der Waals surface area contributed by atoms with E-state index in [1.54, 1.807) is 35.1 Å². The summed E-state index contributed by atoms with van der Waals surface area (Å²) >= 11 is 0. The zero-order chi connectivity index (χ0) is 20.8. The summed E-state index contributed by atoms with van der Waals surface area (Å²) in [6.07, 6.45) is 0.789. The highest BCUT2D eigenvalue weighted by molar-refractivity contribution is 7.89. The van der Waals surface area contributed by atoms with Crippen molar-refractivity contribution in [3.63, 3.8) is 0 Å². The van der Waals surface area contributed by atoms with E-state index in [-0.39, 0.29) is 17.1 Å². The van der Waals surface area contributed by atoms with Crippen LogP contribution in [0.5, 0.6) is 0 Å². The molecule has 10 nitrogen and oxygen atoms in total. The van der Waals surface area contributed by atoms with E-state index in [1.807, 2.05) is 0 Å². The number of H-pyrrole nitrogens is 1. The minimum absolute atomic E-state index is 0.0512. The fourth-order valence-corrected chi connectivity index (χ4v) is 4.22. The molecule has 1 atom stereocenters. The summed E-state index contributed by atoms with van der Waals surface area (Å²) in [7, 11) is -3.75. The molecule has 2 aromatic heterocycles. The van der Waals surface area contributed by atoms with Gasteiger partial charge in [-0.15, -0.1) is 0 Å². The summed E-state index contributed by atoms with van der Waals surface area (Å²) in [5, 5.41) is 21.6. The summed E-state index contributed by atoms with van der Waals surface area (Å²) in [5.41, 5.74) is 7.63. The van der Waals surface area contributed by atoms with Crippen LogP contribution in [0.15, 0.2) is 47.5 Å². The highest BCUT2D eigenvalue weighted by atomic mass is 32.2. The number of amides is 1. The normalized spacial score (nSPS) is 13.2. The third-order valence-electron chi connectivity index (χ3n) is 4.48. The number of nitrogens with zero attached hydrogens (tertiary/aromatic N) is 3. The number of hydrogen-bond donors (Lipinski definition) is 4. The maximum absolute atomic E-state index is 12.3. The van der Waals surface area contributed by atoms with Gasteiger partial charge in [-0.3, -0.25) is 14.6 Å². The van der Waals surface area contributed by atoms with Gasteiger partial charge < -0.3 is 10.8 Å². The molecule has 0 spiro atoms. The average molecular weight is 414 g/mol. The van der Waals surface area contributed by atoms with E-state index in [0.717, 1.165) is 5.39 Å². The number of hydrogen-bond acceptors (Lipinski definition) is 6. The molecule has 11 heteroatoms. The van der Waals surface area contributed by atoms with E-state index in [9.17, 15) is 18.3 Å². The Balaban J connectivity index is 1.83. The molecular formula is C18H18N6O4S. The number of aliphatic hydroxyl groups excluding tert-OH is 1. The SMILES string of the molecule is CC(O)CNS(=O)(=O)c1ccc(-n2[nH]c(C(N)=O)c3ccc4nncc4c32)cc1. The van der Waals surface area contributed by atoms with Crippen molar-refractivity contribution in [1.82, 2.24) is 24.7 Å². The molecule has 0 saturated carbocycles. The van der Waals surface area contributed by atoms with Crippen LogP contribution in [0.1, 0.15) is 17.4 Å². The number of benzene rings is 2. The minimum atomic E-state index is -3.75. The van der Waals surface area contributed by atoms with Gasteiger partial charge in [-0.1, -0.05) is 0 Å². The van der Waals surface area contributed by atoms with Gasteiger partial charge in [0.2, 0.25) is 10.0 Å². The fourth-order valence-electron chi connectivity index (χ4n) is 3.10. The van der Waals surface area contributed by atoms with Gasteiger partial charge >= 0.3 is 0 Å². The Morgan fingerprint density at radius 3 is 2.62 bits per heavy atom. The number of aromatic nitrogens is 4. The van der Waals surface area contributed by atoms with Crippen LogP contribution in [-0.4, -0.2) is 52.1 Å². The molecular weight excluding hydrogens is 396 g/mol. The lowest BCUT2D eigenvalue weighted by atomic mass is 10.1. The molecule has 2 aromatic carbocycles. The zero-order valence-corrected chi connectivity index (χ0v) is 16.1. The minimum Gasteiger partial charge on any atom is -0.392 e. The third kappa shape index (κ3) is 3.35. The molecule has 0 fully saturated rings. The van der Waals surface area contributed by atoms with Gasteiger partial charge in [0.25, 0.3) is 5.91 Å². The van der Waals surface area contributed by atoms with E-state index in [2.05, 4.69) is 20.0 Å². The molecule has 0 bridgehead atoms. The lowest BCUT2D eigenvalue weighted by molar-refractivity contribution is 0.0996. The molecule has 1 amide bonds. The molecule has 2 heterocycles. The lowest BCUT2D eigenvalue weighted by Gasteiger charge is -2.10. The van der Waals surface area contributed by atoms with E-state index in [0.29, 0.717) is 22.1 Å². The number of sulfonamides is 1. The number of nitrogens with two attached hydrogens (primary N) is 1. The van der Waals surface area contributed by atoms with Gasteiger partial charge in [0, 0.05) is 17.3 Å². The second kappa shape index (κ2) is 6.95. The number of nitrogens with one attached hydrogen (secondary N) is 2. The van der Waals surface area contributed by atoms with Crippen molar-refractivity contribution in [1.29, 1.82) is 0 Å². The van der Waals surface area contributed by atoms with Crippen LogP contribution in [0.4, 0.5) is 0 Å². The van der Waals surface area contributed by atoms with Crippen LogP contribution in [0.3, 0.4) is 0 Å².